The van der Waals surface area contributed by atoms with Gasteiger partial charge < -0.3 is 19.6 Å². The lowest BCUT2D eigenvalue weighted by molar-refractivity contribution is -0.135. The summed E-state index contributed by atoms with van der Waals surface area (Å²) in [7, 11) is 1.79. The van der Waals surface area contributed by atoms with Crippen molar-refractivity contribution in [3.63, 3.8) is 0 Å². The zero-order valence-electron chi connectivity index (χ0n) is 16.1. The highest BCUT2D eigenvalue weighted by Crippen LogP contribution is 2.14. The van der Waals surface area contributed by atoms with Crippen LogP contribution in [0.4, 0.5) is 0 Å². The molecule has 0 aliphatic carbocycles. The van der Waals surface area contributed by atoms with E-state index in [1.54, 1.807) is 7.05 Å². The summed E-state index contributed by atoms with van der Waals surface area (Å²) >= 11 is 0. The highest BCUT2D eigenvalue weighted by Gasteiger charge is 2.30. The maximum absolute atomic E-state index is 12.6. The first-order valence-corrected chi connectivity index (χ1v) is 9.49. The van der Waals surface area contributed by atoms with Gasteiger partial charge in [0.2, 0.25) is 5.91 Å². The fourth-order valence-corrected chi connectivity index (χ4v) is 3.68. The smallest absolute Gasteiger partial charge is 0.239 e. The Bertz CT molecular complexity index is 629. The Morgan fingerprint density at radius 3 is 2.50 bits per heavy atom. The van der Waals surface area contributed by atoms with E-state index in [1.165, 1.54) is 0 Å². The second kappa shape index (κ2) is 8.53. The van der Waals surface area contributed by atoms with E-state index in [4.69, 9.17) is 4.52 Å². The van der Waals surface area contributed by atoms with E-state index in [2.05, 4.69) is 25.3 Å². The van der Waals surface area contributed by atoms with Crippen molar-refractivity contribution in [1.29, 1.82) is 0 Å². The molecule has 2 saturated heterocycles. The molecule has 1 N–H and O–H groups in total. The molecule has 144 valence electrons. The molecule has 26 heavy (non-hydrogen) atoms. The van der Waals surface area contributed by atoms with E-state index in [1.807, 2.05) is 24.8 Å². The minimum atomic E-state index is -0.0395. The van der Waals surface area contributed by atoms with E-state index in [-0.39, 0.29) is 11.9 Å². The minimum absolute atomic E-state index is 0.0395. The number of rotatable bonds is 4. The van der Waals surface area contributed by atoms with Gasteiger partial charge in [0.1, 0.15) is 0 Å². The zero-order valence-corrected chi connectivity index (χ0v) is 16.1. The molecule has 1 unspecified atom stereocenters. The van der Waals surface area contributed by atoms with Crippen LogP contribution < -0.4 is 5.32 Å². The second-order valence-electron chi connectivity index (χ2n) is 7.07. The molecule has 2 aliphatic rings. The van der Waals surface area contributed by atoms with Crippen LogP contribution in [-0.2, 0) is 11.3 Å². The maximum Gasteiger partial charge on any atom is 0.239 e. The molecule has 2 fully saturated rings. The molecular formula is C18H30N6O2. The number of aryl methyl sites for hydroxylation is 1. The lowest BCUT2D eigenvalue weighted by atomic mass is 10.2. The van der Waals surface area contributed by atoms with Crippen molar-refractivity contribution in [2.75, 3.05) is 46.3 Å². The van der Waals surface area contributed by atoms with E-state index in [0.29, 0.717) is 6.54 Å². The van der Waals surface area contributed by atoms with Gasteiger partial charge in [0, 0.05) is 52.4 Å². The monoisotopic (exact) mass is 362 g/mol. The highest BCUT2D eigenvalue weighted by atomic mass is 16.5. The van der Waals surface area contributed by atoms with E-state index in [9.17, 15) is 4.79 Å². The van der Waals surface area contributed by atoms with Crippen molar-refractivity contribution in [2.45, 2.75) is 39.3 Å². The minimum Gasteiger partial charge on any atom is -0.359 e. The van der Waals surface area contributed by atoms with Gasteiger partial charge in [-0.1, -0.05) is 5.16 Å². The standard InChI is InChI=1S/C18H30N6O2/c1-14-12-16(26-21-14)13-20-18(19-3)24-10-8-22(9-11-24)15(2)17(25)23-6-4-5-7-23/h12,15H,4-11,13H2,1-3H3,(H,19,20). The molecule has 0 saturated carbocycles. The van der Waals surface area contributed by atoms with Gasteiger partial charge in [-0.25, -0.2) is 0 Å². The van der Waals surface area contributed by atoms with Crippen LogP contribution in [0.2, 0.25) is 0 Å². The number of amides is 1. The predicted octanol–water partition coefficient (Wildman–Crippen LogP) is 0.687. The van der Waals surface area contributed by atoms with Crippen LogP contribution in [0.15, 0.2) is 15.6 Å². The predicted molar refractivity (Wildman–Crippen MR) is 99.9 cm³/mol. The van der Waals surface area contributed by atoms with Gasteiger partial charge in [-0.05, 0) is 26.7 Å². The summed E-state index contributed by atoms with van der Waals surface area (Å²) in [6.07, 6.45) is 2.28. The summed E-state index contributed by atoms with van der Waals surface area (Å²) in [6.45, 7) is 9.78. The Morgan fingerprint density at radius 2 is 1.92 bits per heavy atom. The van der Waals surface area contributed by atoms with Gasteiger partial charge in [-0.3, -0.25) is 14.7 Å². The summed E-state index contributed by atoms with van der Waals surface area (Å²) in [6, 6.07) is 1.88. The summed E-state index contributed by atoms with van der Waals surface area (Å²) in [4.78, 5) is 23.5. The van der Waals surface area contributed by atoms with Crippen LogP contribution in [-0.4, -0.2) is 84.1 Å². The molecule has 1 aromatic heterocycles. The Labute approximate surface area is 155 Å². The average Bonchev–Trinajstić information content (AvgIpc) is 3.33. The number of aliphatic imine (C=N–C) groups is 1. The van der Waals surface area contributed by atoms with Crippen LogP contribution in [0, 0.1) is 6.92 Å². The molecule has 0 spiro atoms. The van der Waals surface area contributed by atoms with Crippen molar-refractivity contribution in [2.24, 2.45) is 4.99 Å². The number of guanidine groups is 1. The average molecular weight is 362 g/mol. The number of likely N-dealkylation sites (tertiary alicyclic amines) is 1. The van der Waals surface area contributed by atoms with Gasteiger partial charge in [0.25, 0.3) is 0 Å². The number of carbonyl (C=O) groups is 1. The van der Waals surface area contributed by atoms with Crippen LogP contribution >= 0.6 is 0 Å². The molecular weight excluding hydrogens is 332 g/mol. The number of nitrogens with zero attached hydrogens (tertiary/aromatic N) is 5. The maximum atomic E-state index is 12.6. The molecule has 3 heterocycles. The largest absolute Gasteiger partial charge is 0.359 e. The van der Waals surface area contributed by atoms with Crippen molar-refractivity contribution >= 4 is 11.9 Å². The molecule has 0 aromatic carbocycles. The van der Waals surface area contributed by atoms with E-state index >= 15 is 0 Å². The third-order valence-electron chi connectivity index (χ3n) is 5.25. The van der Waals surface area contributed by atoms with Crippen LogP contribution in [0.5, 0.6) is 0 Å². The molecule has 3 rings (SSSR count). The summed E-state index contributed by atoms with van der Waals surface area (Å²) in [5, 5.41) is 7.23. The molecule has 8 nitrogen and oxygen atoms in total. The zero-order chi connectivity index (χ0) is 18.5. The fourth-order valence-electron chi connectivity index (χ4n) is 3.68. The Morgan fingerprint density at radius 1 is 1.23 bits per heavy atom. The number of piperazine rings is 1. The SMILES string of the molecule is CN=C(NCc1cc(C)no1)N1CCN(C(C)C(=O)N2CCCC2)CC1. The summed E-state index contributed by atoms with van der Waals surface area (Å²) in [5.41, 5.74) is 0.877. The quantitative estimate of drug-likeness (QED) is 0.627. The molecule has 0 radical (unpaired) electrons. The van der Waals surface area contributed by atoms with Gasteiger partial charge in [0.15, 0.2) is 11.7 Å². The first kappa shape index (κ1) is 18.7. The highest BCUT2D eigenvalue weighted by molar-refractivity contribution is 5.82. The number of hydrogen-bond acceptors (Lipinski definition) is 5. The second-order valence-corrected chi connectivity index (χ2v) is 7.07. The van der Waals surface area contributed by atoms with Crippen molar-refractivity contribution in [1.82, 2.24) is 25.2 Å². The normalized spacial score (nSPS) is 20.5. The van der Waals surface area contributed by atoms with E-state index in [0.717, 1.165) is 69.5 Å². The third kappa shape index (κ3) is 4.35. The Balaban J connectivity index is 1.47. The molecule has 2 aliphatic heterocycles. The van der Waals surface area contributed by atoms with Crippen molar-refractivity contribution in [3.05, 3.63) is 17.5 Å². The number of aromatic nitrogens is 1. The van der Waals surface area contributed by atoms with Crippen LogP contribution in [0.1, 0.15) is 31.2 Å². The van der Waals surface area contributed by atoms with Gasteiger partial charge >= 0.3 is 0 Å². The van der Waals surface area contributed by atoms with Crippen LogP contribution in [0.3, 0.4) is 0 Å². The third-order valence-corrected chi connectivity index (χ3v) is 5.25. The molecule has 1 aromatic rings. The molecule has 1 atom stereocenters. The molecule has 8 heteroatoms. The molecule has 1 amide bonds. The lowest BCUT2D eigenvalue weighted by Crippen LogP contribution is -2.57. The first-order valence-electron chi connectivity index (χ1n) is 9.49. The number of carbonyl (C=O) groups excluding carboxylic acids is 1. The van der Waals surface area contributed by atoms with E-state index < -0.39 is 0 Å². The van der Waals surface area contributed by atoms with Gasteiger partial charge in [0.05, 0.1) is 18.3 Å². The first-order chi connectivity index (χ1) is 12.6. The van der Waals surface area contributed by atoms with Gasteiger partial charge in [-0.2, -0.15) is 0 Å². The van der Waals surface area contributed by atoms with Crippen molar-refractivity contribution in [3.8, 4) is 0 Å². The Hall–Kier alpha value is -2.09. The molecule has 0 bridgehead atoms. The number of nitrogens with one attached hydrogen (secondary N) is 1. The van der Waals surface area contributed by atoms with Crippen LogP contribution in [0.25, 0.3) is 0 Å². The topological polar surface area (TPSA) is 77.2 Å². The van der Waals surface area contributed by atoms with Crippen molar-refractivity contribution < 1.29 is 9.32 Å². The Kier molecular flexibility index (Phi) is 6.13. The lowest BCUT2D eigenvalue weighted by Gasteiger charge is -2.39. The summed E-state index contributed by atoms with van der Waals surface area (Å²) in [5.74, 6) is 1.93. The number of hydrogen-bond donors (Lipinski definition) is 1. The summed E-state index contributed by atoms with van der Waals surface area (Å²) < 4.78 is 5.23. The van der Waals surface area contributed by atoms with Gasteiger partial charge in [-0.15, -0.1) is 0 Å². The fraction of sp³-hybridized carbons (Fsp3) is 0.722.